The number of nitrogens with zero attached hydrogens (tertiary/aromatic N) is 3. The van der Waals surface area contributed by atoms with Crippen LogP contribution >= 0.6 is 0 Å². The number of piperidine rings is 1. The predicted octanol–water partition coefficient (Wildman–Crippen LogP) is 1.13. The van der Waals surface area contributed by atoms with Crippen molar-refractivity contribution in [2.75, 3.05) is 31.2 Å². The first-order valence-corrected chi connectivity index (χ1v) is 6.10. The van der Waals surface area contributed by atoms with Gasteiger partial charge in [-0.05, 0) is 13.3 Å². The van der Waals surface area contributed by atoms with E-state index in [-0.39, 0.29) is 0 Å². The molecular formula is C12H17N3O2. The van der Waals surface area contributed by atoms with Crippen LogP contribution in [0.5, 0.6) is 0 Å². The zero-order valence-electron chi connectivity index (χ0n) is 10.1. The molecule has 3 rings (SSSR count). The van der Waals surface area contributed by atoms with E-state index in [1.807, 2.05) is 6.92 Å². The molecule has 2 aliphatic rings. The van der Waals surface area contributed by atoms with Gasteiger partial charge in [0.1, 0.15) is 5.82 Å². The van der Waals surface area contributed by atoms with Crippen molar-refractivity contribution in [3.63, 3.8) is 0 Å². The van der Waals surface area contributed by atoms with Crippen LogP contribution in [0.3, 0.4) is 0 Å². The summed E-state index contributed by atoms with van der Waals surface area (Å²) in [6.45, 7) is 5.14. The summed E-state index contributed by atoms with van der Waals surface area (Å²) in [6, 6.07) is 0. The molecule has 92 valence electrons. The van der Waals surface area contributed by atoms with Crippen LogP contribution in [0.25, 0.3) is 0 Å². The molecule has 1 aromatic rings. The maximum atomic E-state index is 5.76. The summed E-state index contributed by atoms with van der Waals surface area (Å²) in [5, 5.41) is 0. The highest BCUT2D eigenvalue weighted by atomic mass is 16.7. The Labute approximate surface area is 101 Å². The lowest BCUT2D eigenvalue weighted by atomic mass is 10.0. The fraction of sp³-hybridized carbons (Fsp3) is 0.667. The van der Waals surface area contributed by atoms with Gasteiger partial charge in [0.2, 0.25) is 0 Å². The minimum atomic E-state index is -0.401. The van der Waals surface area contributed by atoms with Crippen LogP contribution in [-0.2, 0) is 9.47 Å². The second-order valence-electron chi connectivity index (χ2n) is 4.60. The molecule has 1 spiro atoms. The fourth-order valence-electron chi connectivity index (χ4n) is 2.61. The molecule has 0 aliphatic carbocycles. The van der Waals surface area contributed by atoms with Crippen LogP contribution < -0.4 is 4.90 Å². The number of hydrogen-bond donors (Lipinski definition) is 0. The highest BCUT2D eigenvalue weighted by Crippen LogP contribution is 2.32. The molecule has 0 radical (unpaired) electrons. The Morgan fingerprint density at radius 1 is 1.24 bits per heavy atom. The molecule has 5 heteroatoms. The van der Waals surface area contributed by atoms with Gasteiger partial charge in [0.05, 0.1) is 25.5 Å². The van der Waals surface area contributed by atoms with Crippen LogP contribution in [0.15, 0.2) is 12.4 Å². The lowest BCUT2D eigenvalue weighted by Gasteiger charge is -2.39. The van der Waals surface area contributed by atoms with Gasteiger partial charge in [-0.2, -0.15) is 0 Å². The minimum Gasteiger partial charge on any atom is -0.350 e. The zero-order valence-corrected chi connectivity index (χ0v) is 10.1. The highest BCUT2D eigenvalue weighted by molar-refractivity contribution is 5.43. The van der Waals surface area contributed by atoms with Crippen molar-refractivity contribution in [3.05, 3.63) is 18.1 Å². The molecule has 0 aromatic carbocycles. The van der Waals surface area contributed by atoms with Gasteiger partial charge in [0.15, 0.2) is 5.79 Å². The third-order valence-corrected chi connectivity index (χ3v) is 3.39. The summed E-state index contributed by atoms with van der Waals surface area (Å²) in [5.74, 6) is 0.549. The smallest absolute Gasteiger partial charge is 0.186 e. The molecule has 2 fully saturated rings. The highest BCUT2D eigenvalue weighted by Gasteiger charge is 2.41. The summed E-state index contributed by atoms with van der Waals surface area (Å²) in [6.07, 6.45) is 5.50. The van der Waals surface area contributed by atoms with E-state index >= 15 is 0 Å². The molecule has 0 saturated carbocycles. The quantitative estimate of drug-likeness (QED) is 0.730. The Bertz CT molecular complexity index is 404. The normalized spacial score (nSPS) is 23.2. The largest absolute Gasteiger partial charge is 0.350 e. The number of aryl methyl sites for hydroxylation is 1. The first-order chi connectivity index (χ1) is 8.29. The van der Waals surface area contributed by atoms with Gasteiger partial charge in [-0.3, -0.25) is 4.98 Å². The van der Waals surface area contributed by atoms with E-state index in [0.29, 0.717) is 13.2 Å². The van der Waals surface area contributed by atoms with Crippen molar-refractivity contribution in [2.45, 2.75) is 25.6 Å². The summed E-state index contributed by atoms with van der Waals surface area (Å²) in [7, 11) is 0. The summed E-state index contributed by atoms with van der Waals surface area (Å²) >= 11 is 0. The average molecular weight is 235 g/mol. The van der Waals surface area contributed by atoms with Gasteiger partial charge < -0.3 is 14.4 Å². The van der Waals surface area contributed by atoms with Crippen molar-refractivity contribution in [1.82, 2.24) is 9.97 Å². The SMILES string of the molecule is Cc1nccnc1N1CCCC2(C1)OCCO2. The number of rotatable bonds is 1. The van der Waals surface area contributed by atoms with Crippen molar-refractivity contribution in [1.29, 1.82) is 0 Å². The first kappa shape index (κ1) is 10.9. The Balaban J connectivity index is 1.82. The van der Waals surface area contributed by atoms with Gasteiger partial charge in [0, 0.05) is 25.4 Å². The molecule has 0 amide bonds. The Kier molecular flexibility index (Phi) is 2.72. The van der Waals surface area contributed by atoms with Gasteiger partial charge in [0.25, 0.3) is 0 Å². The van der Waals surface area contributed by atoms with Crippen molar-refractivity contribution in [3.8, 4) is 0 Å². The van der Waals surface area contributed by atoms with Crippen molar-refractivity contribution in [2.24, 2.45) is 0 Å². The Hall–Kier alpha value is -1.20. The summed E-state index contributed by atoms with van der Waals surface area (Å²) < 4.78 is 11.5. The van der Waals surface area contributed by atoms with Gasteiger partial charge in [-0.15, -0.1) is 0 Å². The van der Waals surface area contributed by atoms with Crippen LogP contribution in [0.1, 0.15) is 18.5 Å². The monoisotopic (exact) mass is 235 g/mol. The van der Waals surface area contributed by atoms with Crippen LogP contribution in [0, 0.1) is 6.92 Å². The van der Waals surface area contributed by atoms with Gasteiger partial charge in [-0.25, -0.2) is 4.98 Å². The van der Waals surface area contributed by atoms with E-state index < -0.39 is 5.79 Å². The third kappa shape index (κ3) is 2.00. The Morgan fingerprint density at radius 3 is 2.76 bits per heavy atom. The summed E-state index contributed by atoms with van der Waals surface area (Å²) in [5.41, 5.74) is 0.961. The zero-order chi connectivity index (χ0) is 11.7. The standard InChI is InChI=1S/C12H17N3O2/c1-10-11(14-5-4-13-10)15-6-2-3-12(9-15)16-7-8-17-12/h4-5H,2-3,6-9H2,1H3. The molecule has 0 bridgehead atoms. The van der Waals surface area contributed by atoms with E-state index in [1.165, 1.54) is 0 Å². The van der Waals surface area contributed by atoms with Crippen LogP contribution in [-0.4, -0.2) is 42.1 Å². The van der Waals surface area contributed by atoms with E-state index in [1.54, 1.807) is 12.4 Å². The van der Waals surface area contributed by atoms with Gasteiger partial charge in [-0.1, -0.05) is 0 Å². The summed E-state index contributed by atoms with van der Waals surface area (Å²) in [4.78, 5) is 10.9. The average Bonchev–Trinajstić information content (AvgIpc) is 2.78. The molecule has 2 saturated heterocycles. The third-order valence-electron chi connectivity index (χ3n) is 3.39. The minimum absolute atomic E-state index is 0.401. The molecule has 3 heterocycles. The number of hydrogen-bond acceptors (Lipinski definition) is 5. The molecule has 0 atom stereocenters. The second kappa shape index (κ2) is 4.23. The maximum absolute atomic E-state index is 5.76. The van der Waals surface area contributed by atoms with E-state index in [9.17, 15) is 0 Å². The molecule has 17 heavy (non-hydrogen) atoms. The van der Waals surface area contributed by atoms with Crippen molar-refractivity contribution < 1.29 is 9.47 Å². The second-order valence-corrected chi connectivity index (χ2v) is 4.60. The van der Waals surface area contributed by atoms with Gasteiger partial charge >= 0.3 is 0 Å². The Morgan fingerprint density at radius 2 is 2.00 bits per heavy atom. The predicted molar refractivity (Wildman–Crippen MR) is 62.9 cm³/mol. The topological polar surface area (TPSA) is 47.5 Å². The molecular weight excluding hydrogens is 218 g/mol. The fourth-order valence-corrected chi connectivity index (χ4v) is 2.61. The molecule has 0 unspecified atom stereocenters. The number of aromatic nitrogens is 2. The number of anilines is 1. The maximum Gasteiger partial charge on any atom is 0.186 e. The van der Waals surface area contributed by atoms with Crippen LogP contribution in [0.4, 0.5) is 5.82 Å². The molecule has 2 aliphatic heterocycles. The number of ether oxygens (including phenoxy) is 2. The molecule has 5 nitrogen and oxygen atoms in total. The van der Waals surface area contributed by atoms with Crippen LogP contribution in [0.2, 0.25) is 0 Å². The molecule has 1 aromatic heterocycles. The van der Waals surface area contributed by atoms with Crippen molar-refractivity contribution >= 4 is 5.82 Å². The lowest BCUT2D eigenvalue weighted by Crippen LogP contribution is -2.49. The van der Waals surface area contributed by atoms with E-state index in [2.05, 4.69) is 14.9 Å². The lowest BCUT2D eigenvalue weighted by molar-refractivity contribution is -0.161. The van der Waals surface area contributed by atoms with E-state index in [0.717, 1.165) is 37.4 Å². The molecule has 0 N–H and O–H groups in total. The first-order valence-electron chi connectivity index (χ1n) is 6.10. The van der Waals surface area contributed by atoms with E-state index in [4.69, 9.17) is 9.47 Å².